The fourth-order valence-corrected chi connectivity index (χ4v) is 4.27. The van der Waals surface area contributed by atoms with Crippen molar-refractivity contribution in [3.8, 4) is 0 Å². The molecule has 0 amide bonds. The molecule has 1 aliphatic rings. The van der Waals surface area contributed by atoms with Crippen LogP contribution in [0.1, 0.15) is 35.2 Å². The molecule has 9 heteroatoms. The normalized spacial score (nSPS) is 22.5. The van der Waals surface area contributed by atoms with Crippen molar-refractivity contribution in [2.75, 3.05) is 0 Å². The number of nitro groups is 1. The van der Waals surface area contributed by atoms with Crippen molar-refractivity contribution in [2.24, 2.45) is 5.92 Å². The van der Waals surface area contributed by atoms with Crippen LogP contribution in [0.2, 0.25) is 0 Å². The first-order chi connectivity index (χ1) is 14.8. The number of nitrogens with one attached hydrogen (secondary N) is 2. The van der Waals surface area contributed by atoms with Gasteiger partial charge in [0.05, 0.1) is 16.4 Å². The van der Waals surface area contributed by atoms with Gasteiger partial charge in [0.25, 0.3) is 11.2 Å². The predicted octanol–water partition coefficient (Wildman–Crippen LogP) is 2.41. The maximum Gasteiger partial charge on any atom is 0.313 e. The summed E-state index contributed by atoms with van der Waals surface area (Å²) in [5, 5.41) is 27.7. The monoisotopic (exact) mass is 423 g/mol. The molecule has 160 valence electrons. The van der Waals surface area contributed by atoms with E-state index in [-0.39, 0.29) is 24.3 Å². The third-order valence-electron chi connectivity index (χ3n) is 5.66. The summed E-state index contributed by atoms with van der Waals surface area (Å²) in [7, 11) is 0. The van der Waals surface area contributed by atoms with Crippen molar-refractivity contribution in [2.45, 2.75) is 31.5 Å². The van der Waals surface area contributed by atoms with E-state index < -0.39 is 33.9 Å². The molecule has 1 aromatic heterocycles. The van der Waals surface area contributed by atoms with Gasteiger partial charge < -0.3 is 14.9 Å². The predicted molar refractivity (Wildman–Crippen MR) is 110 cm³/mol. The second kappa shape index (κ2) is 7.84. The summed E-state index contributed by atoms with van der Waals surface area (Å²) in [6.07, 6.45) is 0.0254. The molecule has 31 heavy (non-hydrogen) atoms. The van der Waals surface area contributed by atoms with E-state index in [4.69, 9.17) is 4.74 Å². The van der Waals surface area contributed by atoms with E-state index in [1.807, 2.05) is 18.2 Å². The maximum absolute atomic E-state index is 13.2. The number of benzene rings is 2. The largest absolute Gasteiger partial charge is 0.460 e. The fourth-order valence-electron chi connectivity index (χ4n) is 4.27. The van der Waals surface area contributed by atoms with Gasteiger partial charge in [-0.1, -0.05) is 42.5 Å². The average Bonchev–Trinajstić information content (AvgIpc) is 3.10. The molecule has 1 heterocycles. The van der Waals surface area contributed by atoms with Crippen LogP contribution in [0.3, 0.4) is 0 Å². The maximum atomic E-state index is 13.2. The summed E-state index contributed by atoms with van der Waals surface area (Å²) in [6, 6.07) is 14.8. The molecule has 3 atom stereocenters. The highest BCUT2D eigenvalue weighted by atomic mass is 16.6. The van der Waals surface area contributed by atoms with Gasteiger partial charge in [-0.15, -0.1) is 0 Å². The molecule has 3 aromatic rings. The van der Waals surface area contributed by atoms with Gasteiger partial charge in [0.15, 0.2) is 0 Å². The molecule has 0 radical (unpaired) electrons. The zero-order valence-corrected chi connectivity index (χ0v) is 16.7. The Morgan fingerprint density at radius 2 is 1.97 bits per heavy atom. The van der Waals surface area contributed by atoms with Crippen molar-refractivity contribution in [1.29, 1.82) is 0 Å². The first-order valence-corrected chi connectivity index (χ1v) is 9.74. The van der Waals surface area contributed by atoms with Gasteiger partial charge in [0, 0.05) is 35.7 Å². The minimum Gasteiger partial charge on any atom is -0.460 e. The number of hydrogen-bond donors (Lipinski definition) is 3. The van der Waals surface area contributed by atoms with Crippen molar-refractivity contribution >= 4 is 11.7 Å². The summed E-state index contributed by atoms with van der Waals surface area (Å²) in [5.74, 6) is -2.74. The number of rotatable bonds is 5. The molecule has 3 N–H and O–H groups in total. The number of carbonyl (C=O) groups excluding carboxylic acids is 1. The van der Waals surface area contributed by atoms with Gasteiger partial charge in [-0.3, -0.25) is 24.8 Å². The number of aliphatic hydroxyl groups is 1. The zero-order chi connectivity index (χ0) is 22.2. The van der Waals surface area contributed by atoms with Crippen LogP contribution in [0, 0.1) is 16.0 Å². The Kier molecular flexibility index (Phi) is 5.20. The standard InChI is InChI=1S/C22H21N3O6/c1-22(28)11-16-18(20(26)24-23-16)17(14-8-5-9-15(10-14)25(29)30)19(22)21(27)31-12-13-6-3-2-4-7-13/h2-10,17,19,28H,11-12H2,1H3,(H2,23,24,26). The first kappa shape index (κ1) is 20.5. The zero-order valence-electron chi connectivity index (χ0n) is 16.7. The molecule has 0 fully saturated rings. The minimum atomic E-state index is -1.55. The van der Waals surface area contributed by atoms with E-state index in [2.05, 4.69) is 10.2 Å². The number of aromatic nitrogens is 2. The first-order valence-electron chi connectivity index (χ1n) is 9.74. The van der Waals surface area contributed by atoms with Gasteiger partial charge in [-0.2, -0.15) is 0 Å². The molecule has 9 nitrogen and oxygen atoms in total. The lowest BCUT2D eigenvalue weighted by molar-refractivity contribution is -0.384. The Morgan fingerprint density at radius 1 is 1.23 bits per heavy atom. The summed E-state index contributed by atoms with van der Waals surface area (Å²) < 4.78 is 5.51. The summed E-state index contributed by atoms with van der Waals surface area (Å²) >= 11 is 0. The molecule has 0 saturated heterocycles. The summed E-state index contributed by atoms with van der Waals surface area (Å²) in [4.78, 5) is 36.5. The van der Waals surface area contributed by atoms with Crippen LogP contribution in [-0.2, 0) is 22.6 Å². The second-order valence-corrected chi connectivity index (χ2v) is 7.91. The van der Waals surface area contributed by atoms with Crippen LogP contribution in [0.4, 0.5) is 5.69 Å². The number of fused-ring (bicyclic) bond motifs is 1. The van der Waals surface area contributed by atoms with E-state index in [0.717, 1.165) is 5.56 Å². The van der Waals surface area contributed by atoms with Crippen LogP contribution in [0.15, 0.2) is 59.4 Å². The Morgan fingerprint density at radius 3 is 2.68 bits per heavy atom. The molecule has 1 aliphatic carbocycles. The van der Waals surface area contributed by atoms with E-state index in [0.29, 0.717) is 11.3 Å². The van der Waals surface area contributed by atoms with Crippen molar-refractivity contribution in [3.05, 3.63) is 97.4 Å². The number of hydrogen-bond acceptors (Lipinski definition) is 6. The Balaban J connectivity index is 1.77. The highest BCUT2D eigenvalue weighted by Gasteiger charge is 2.51. The van der Waals surface area contributed by atoms with E-state index >= 15 is 0 Å². The number of aromatic amines is 2. The SMILES string of the molecule is CC1(O)Cc2[nH][nH]c(=O)c2C(c2cccc([N+](=O)[O-])c2)C1C(=O)OCc1ccccc1. The highest BCUT2D eigenvalue weighted by Crippen LogP contribution is 2.45. The average molecular weight is 423 g/mol. The van der Waals surface area contributed by atoms with E-state index in [1.165, 1.54) is 25.1 Å². The minimum absolute atomic E-state index is 0.00423. The third-order valence-corrected chi connectivity index (χ3v) is 5.66. The molecule has 3 unspecified atom stereocenters. The second-order valence-electron chi connectivity index (χ2n) is 7.91. The molecule has 0 bridgehead atoms. The van der Waals surface area contributed by atoms with Gasteiger partial charge in [-0.05, 0) is 18.1 Å². The molecule has 4 rings (SSSR count). The highest BCUT2D eigenvalue weighted by molar-refractivity contribution is 5.77. The summed E-state index contributed by atoms with van der Waals surface area (Å²) in [6.45, 7) is 1.50. The lowest BCUT2D eigenvalue weighted by Gasteiger charge is -2.40. The molecule has 0 saturated carbocycles. The number of nitrogens with zero attached hydrogens (tertiary/aromatic N) is 1. The molecular weight excluding hydrogens is 402 g/mol. The topological polar surface area (TPSA) is 138 Å². The van der Waals surface area contributed by atoms with Crippen LogP contribution in [0.25, 0.3) is 0 Å². The van der Waals surface area contributed by atoms with Crippen LogP contribution in [0.5, 0.6) is 0 Å². The third kappa shape index (κ3) is 3.87. The quantitative estimate of drug-likeness (QED) is 0.327. The number of non-ortho nitro benzene ring substituents is 1. The van der Waals surface area contributed by atoms with E-state index in [9.17, 15) is 24.8 Å². The Labute approximate surface area is 176 Å². The fraction of sp³-hybridized carbons (Fsp3) is 0.273. The number of esters is 1. The lowest BCUT2D eigenvalue weighted by atomic mass is 9.66. The molecule has 2 aromatic carbocycles. The van der Waals surface area contributed by atoms with Crippen molar-refractivity contribution < 1.29 is 19.6 Å². The van der Waals surface area contributed by atoms with E-state index in [1.54, 1.807) is 18.2 Å². The summed E-state index contributed by atoms with van der Waals surface area (Å²) in [5.41, 5.74) is -0.287. The number of ether oxygens (including phenoxy) is 1. The lowest BCUT2D eigenvalue weighted by Crippen LogP contribution is -2.50. The number of nitro benzene ring substituents is 1. The Bertz CT molecular complexity index is 1180. The van der Waals surface area contributed by atoms with Gasteiger partial charge in [0.1, 0.15) is 6.61 Å². The van der Waals surface area contributed by atoms with Crippen LogP contribution < -0.4 is 5.56 Å². The van der Waals surface area contributed by atoms with Gasteiger partial charge in [-0.25, -0.2) is 0 Å². The Hall–Kier alpha value is -3.72. The smallest absolute Gasteiger partial charge is 0.313 e. The van der Waals surface area contributed by atoms with Crippen molar-refractivity contribution in [1.82, 2.24) is 10.2 Å². The number of H-pyrrole nitrogens is 2. The van der Waals surface area contributed by atoms with Crippen LogP contribution >= 0.6 is 0 Å². The molecule has 0 aliphatic heterocycles. The van der Waals surface area contributed by atoms with Crippen LogP contribution in [-0.4, -0.2) is 31.8 Å². The molecule has 0 spiro atoms. The number of carbonyl (C=O) groups is 1. The molecular formula is C22H21N3O6. The van der Waals surface area contributed by atoms with Gasteiger partial charge >= 0.3 is 5.97 Å². The van der Waals surface area contributed by atoms with Gasteiger partial charge in [0.2, 0.25) is 0 Å². The van der Waals surface area contributed by atoms with Crippen molar-refractivity contribution in [3.63, 3.8) is 0 Å².